The zero-order chi connectivity index (χ0) is 20.3. The topological polar surface area (TPSA) is 90.3 Å². The number of carbonyl (C=O) groups is 1. The van der Waals surface area contributed by atoms with E-state index >= 15 is 0 Å². The smallest absolute Gasteiger partial charge is 0.349 e. The van der Waals surface area contributed by atoms with Crippen LogP contribution in [0.4, 0.5) is 0 Å². The van der Waals surface area contributed by atoms with E-state index in [0.717, 1.165) is 33.9 Å². The standard InChI is InChI=1S/C19H21N3O4S2/c1-13-9-14(2)22(21-13)12-16-6-4-5-15(10-16)11-20-28(24,25)17-7-8-27-18(17)19(23)26-3/h4-10,20H,11-12H2,1-3H3. The highest BCUT2D eigenvalue weighted by molar-refractivity contribution is 7.89. The Labute approximate surface area is 168 Å². The molecule has 2 heterocycles. The second-order valence-corrected chi connectivity index (χ2v) is 8.99. The van der Waals surface area contributed by atoms with Gasteiger partial charge in [0, 0.05) is 12.2 Å². The number of aromatic nitrogens is 2. The minimum absolute atomic E-state index is 0.0632. The first kappa shape index (κ1) is 20.2. The minimum Gasteiger partial charge on any atom is -0.465 e. The minimum atomic E-state index is -3.83. The van der Waals surface area contributed by atoms with Gasteiger partial charge in [-0.15, -0.1) is 11.3 Å². The molecule has 0 fully saturated rings. The Balaban J connectivity index is 1.73. The van der Waals surface area contributed by atoms with Crippen molar-refractivity contribution < 1.29 is 17.9 Å². The molecule has 0 spiro atoms. The molecule has 0 radical (unpaired) electrons. The molecule has 0 saturated heterocycles. The third-order valence-electron chi connectivity index (χ3n) is 4.18. The molecule has 3 rings (SSSR count). The van der Waals surface area contributed by atoms with Crippen molar-refractivity contribution in [2.45, 2.75) is 31.8 Å². The highest BCUT2D eigenvalue weighted by atomic mass is 32.2. The predicted molar refractivity (Wildman–Crippen MR) is 107 cm³/mol. The average Bonchev–Trinajstić information content (AvgIpc) is 3.27. The van der Waals surface area contributed by atoms with E-state index in [0.29, 0.717) is 6.54 Å². The summed E-state index contributed by atoms with van der Waals surface area (Å²) in [6.45, 7) is 4.67. The predicted octanol–water partition coefficient (Wildman–Crippen LogP) is 2.87. The van der Waals surface area contributed by atoms with E-state index in [1.165, 1.54) is 13.2 Å². The number of thiophene rings is 1. The number of ether oxygens (including phenoxy) is 1. The van der Waals surface area contributed by atoms with Crippen molar-refractivity contribution in [3.63, 3.8) is 0 Å². The van der Waals surface area contributed by atoms with Crippen molar-refractivity contribution >= 4 is 27.3 Å². The number of carbonyl (C=O) groups excluding carboxylic acids is 1. The van der Waals surface area contributed by atoms with Crippen molar-refractivity contribution in [3.05, 3.63) is 69.2 Å². The van der Waals surface area contributed by atoms with Gasteiger partial charge >= 0.3 is 5.97 Å². The summed E-state index contributed by atoms with van der Waals surface area (Å²) in [4.78, 5) is 11.7. The number of sulfonamides is 1. The van der Waals surface area contributed by atoms with Gasteiger partial charge in [0.05, 0.1) is 19.3 Å². The molecule has 0 atom stereocenters. The molecule has 0 amide bonds. The van der Waals surface area contributed by atoms with Crippen LogP contribution in [0.2, 0.25) is 0 Å². The average molecular weight is 420 g/mol. The number of esters is 1. The zero-order valence-electron chi connectivity index (χ0n) is 15.8. The van der Waals surface area contributed by atoms with Crippen molar-refractivity contribution in [1.29, 1.82) is 0 Å². The highest BCUT2D eigenvalue weighted by Crippen LogP contribution is 2.23. The molecule has 0 saturated carbocycles. The number of benzene rings is 1. The number of rotatable bonds is 7. The molecule has 28 heavy (non-hydrogen) atoms. The van der Waals surface area contributed by atoms with Gasteiger partial charge in [-0.2, -0.15) is 5.10 Å². The van der Waals surface area contributed by atoms with Gasteiger partial charge in [0.1, 0.15) is 9.77 Å². The fraction of sp³-hybridized carbons (Fsp3) is 0.263. The van der Waals surface area contributed by atoms with Crippen LogP contribution in [0.3, 0.4) is 0 Å². The van der Waals surface area contributed by atoms with Gasteiger partial charge in [-0.25, -0.2) is 17.9 Å². The largest absolute Gasteiger partial charge is 0.465 e. The van der Waals surface area contributed by atoms with Crippen LogP contribution in [0.15, 0.2) is 46.7 Å². The highest BCUT2D eigenvalue weighted by Gasteiger charge is 2.24. The monoisotopic (exact) mass is 419 g/mol. The third-order valence-corrected chi connectivity index (χ3v) is 6.65. The van der Waals surface area contributed by atoms with E-state index in [2.05, 4.69) is 14.6 Å². The lowest BCUT2D eigenvalue weighted by Gasteiger charge is -2.09. The Hall–Kier alpha value is -2.49. The SMILES string of the molecule is COC(=O)c1sccc1S(=O)(=O)NCc1cccc(Cn2nc(C)cc2C)c1. The maximum atomic E-state index is 12.6. The van der Waals surface area contributed by atoms with Crippen LogP contribution < -0.4 is 4.72 Å². The molecule has 9 heteroatoms. The lowest BCUT2D eigenvalue weighted by molar-refractivity contribution is 0.0602. The summed E-state index contributed by atoms with van der Waals surface area (Å²) < 4.78 is 34.3. The van der Waals surface area contributed by atoms with E-state index < -0.39 is 16.0 Å². The maximum Gasteiger partial charge on any atom is 0.349 e. The van der Waals surface area contributed by atoms with Crippen molar-refractivity contribution in [3.8, 4) is 0 Å². The van der Waals surface area contributed by atoms with E-state index in [1.54, 1.807) is 5.38 Å². The number of hydrogen-bond donors (Lipinski definition) is 1. The van der Waals surface area contributed by atoms with Gasteiger partial charge in [0.2, 0.25) is 10.0 Å². The van der Waals surface area contributed by atoms with Gasteiger partial charge in [0.25, 0.3) is 0 Å². The zero-order valence-corrected chi connectivity index (χ0v) is 17.4. The first-order chi connectivity index (χ1) is 13.3. The molecule has 0 bridgehead atoms. The lowest BCUT2D eigenvalue weighted by Crippen LogP contribution is -2.24. The van der Waals surface area contributed by atoms with Crippen LogP contribution in [0.1, 0.15) is 32.2 Å². The summed E-state index contributed by atoms with van der Waals surface area (Å²) >= 11 is 1.03. The Bertz CT molecular complexity index is 1100. The van der Waals surface area contributed by atoms with Crippen molar-refractivity contribution in [2.75, 3.05) is 7.11 Å². The Morgan fingerprint density at radius 2 is 1.96 bits per heavy atom. The number of hydrogen-bond acceptors (Lipinski definition) is 6. The van der Waals surface area contributed by atoms with Crippen LogP contribution in [0.5, 0.6) is 0 Å². The van der Waals surface area contributed by atoms with E-state index in [4.69, 9.17) is 0 Å². The van der Waals surface area contributed by atoms with Gasteiger partial charge in [-0.05, 0) is 42.5 Å². The second-order valence-electron chi connectivity index (χ2n) is 6.33. The van der Waals surface area contributed by atoms with Crippen molar-refractivity contribution in [1.82, 2.24) is 14.5 Å². The van der Waals surface area contributed by atoms with Crippen LogP contribution in [0, 0.1) is 13.8 Å². The molecule has 7 nitrogen and oxygen atoms in total. The van der Waals surface area contributed by atoms with Crippen molar-refractivity contribution in [2.24, 2.45) is 0 Å². The number of nitrogens with zero attached hydrogens (tertiary/aromatic N) is 2. The summed E-state index contributed by atoms with van der Waals surface area (Å²) in [7, 11) is -2.61. The molecular formula is C19H21N3O4S2. The van der Waals surface area contributed by atoms with E-state index in [9.17, 15) is 13.2 Å². The summed E-state index contributed by atoms with van der Waals surface area (Å²) in [6, 6.07) is 11.1. The van der Waals surface area contributed by atoms with Crippen LogP contribution in [0.25, 0.3) is 0 Å². The summed E-state index contributed by atoms with van der Waals surface area (Å²) in [5.74, 6) is -0.665. The molecule has 0 aliphatic carbocycles. The van der Waals surface area contributed by atoms with E-state index in [-0.39, 0.29) is 16.3 Å². The normalized spacial score (nSPS) is 11.5. The Morgan fingerprint density at radius 1 is 1.21 bits per heavy atom. The van der Waals surface area contributed by atoms with Crippen LogP contribution in [-0.2, 0) is 27.8 Å². The van der Waals surface area contributed by atoms with Gasteiger partial charge < -0.3 is 4.74 Å². The molecular weight excluding hydrogens is 398 g/mol. The quantitative estimate of drug-likeness (QED) is 0.595. The third kappa shape index (κ3) is 4.49. The number of nitrogens with one attached hydrogen (secondary N) is 1. The maximum absolute atomic E-state index is 12.6. The Kier molecular flexibility index (Phi) is 5.97. The summed E-state index contributed by atoms with van der Waals surface area (Å²) in [6.07, 6.45) is 0. The lowest BCUT2D eigenvalue weighted by atomic mass is 10.1. The summed E-state index contributed by atoms with van der Waals surface area (Å²) in [5.41, 5.74) is 3.86. The first-order valence-electron chi connectivity index (χ1n) is 8.54. The first-order valence-corrected chi connectivity index (χ1v) is 10.9. The second kappa shape index (κ2) is 8.26. The fourth-order valence-electron chi connectivity index (χ4n) is 2.85. The van der Waals surface area contributed by atoms with Gasteiger partial charge in [-0.1, -0.05) is 24.3 Å². The van der Waals surface area contributed by atoms with Gasteiger partial charge in [0.15, 0.2) is 0 Å². The van der Waals surface area contributed by atoms with Crippen LogP contribution >= 0.6 is 11.3 Å². The number of methoxy groups -OCH3 is 1. The number of aryl methyl sites for hydroxylation is 2. The molecule has 0 aliphatic rings. The molecule has 2 aromatic heterocycles. The Morgan fingerprint density at radius 3 is 2.64 bits per heavy atom. The molecule has 0 unspecified atom stereocenters. The molecule has 3 aromatic rings. The molecule has 148 valence electrons. The van der Waals surface area contributed by atoms with Gasteiger partial charge in [-0.3, -0.25) is 4.68 Å². The van der Waals surface area contributed by atoms with E-state index in [1.807, 2.05) is 48.9 Å². The molecule has 1 aromatic carbocycles. The van der Waals surface area contributed by atoms with Crippen LogP contribution in [-0.4, -0.2) is 31.3 Å². The fourth-order valence-corrected chi connectivity index (χ4v) is 5.20. The molecule has 0 aliphatic heterocycles. The molecule has 1 N–H and O–H groups in total. The summed E-state index contributed by atoms with van der Waals surface area (Å²) in [5, 5.41) is 6.00.